The lowest BCUT2D eigenvalue weighted by Crippen LogP contribution is -2.42. The minimum absolute atomic E-state index is 0.0335. The molecule has 224 valence electrons. The van der Waals surface area contributed by atoms with E-state index in [4.69, 9.17) is 4.42 Å². The molecule has 0 aliphatic carbocycles. The van der Waals surface area contributed by atoms with Gasteiger partial charge < -0.3 is 19.7 Å². The molecule has 1 fully saturated rings. The van der Waals surface area contributed by atoms with Gasteiger partial charge in [0.05, 0.1) is 5.56 Å². The Hall–Kier alpha value is -4.32. The number of amides is 1. The van der Waals surface area contributed by atoms with E-state index in [0.29, 0.717) is 11.3 Å². The molecule has 1 aliphatic heterocycles. The summed E-state index contributed by atoms with van der Waals surface area (Å²) in [6.45, 7) is 1.78. The number of anilines is 1. The van der Waals surface area contributed by atoms with E-state index in [2.05, 4.69) is 20.2 Å². The third-order valence-electron chi connectivity index (χ3n) is 6.99. The first-order valence-electron chi connectivity index (χ1n) is 13.7. The number of benzene rings is 2. The smallest absolute Gasteiger partial charge is 0.416 e. The summed E-state index contributed by atoms with van der Waals surface area (Å²) in [7, 11) is 0. The van der Waals surface area contributed by atoms with Gasteiger partial charge >= 0.3 is 12.1 Å². The van der Waals surface area contributed by atoms with Gasteiger partial charge in [0.25, 0.3) is 5.91 Å². The van der Waals surface area contributed by atoms with Crippen LogP contribution in [0.3, 0.4) is 0 Å². The van der Waals surface area contributed by atoms with E-state index < -0.39 is 29.7 Å². The molecule has 0 saturated carbocycles. The second-order valence-corrected chi connectivity index (χ2v) is 11.1. The van der Waals surface area contributed by atoms with Crippen molar-refractivity contribution < 1.29 is 32.3 Å². The fourth-order valence-electron chi connectivity index (χ4n) is 4.70. The third kappa shape index (κ3) is 7.56. The van der Waals surface area contributed by atoms with E-state index in [-0.39, 0.29) is 28.7 Å². The fraction of sp³-hybridized carbons (Fsp3) is 0.290. The van der Waals surface area contributed by atoms with Crippen LogP contribution in [0.25, 0.3) is 22.8 Å². The Morgan fingerprint density at radius 1 is 0.977 bits per heavy atom. The molecule has 0 radical (unpaired) electrons. The molecule has 2 aromatic heterocycles. The van der Waals surface area contributed by atoms with Crippen LogP contribution in [-0.2, 0) is 16.7 Å². The number of piperidine rings is 1. The lowest BCUT2D eigenvalue weighted by atomic mass is 10.1. The number of alkyl halides is 3. The second-order valence-electron chi connectivity index (χ2n) is 10.1. The van der Waals surface area contributed by atoms with Crippen molar-refractivity contribution in [1.82, 2.24) is 15.3 Å². The summed E-state index contributed by atoms with van der Waals surface area (Å²) in [6, 6.07) is 16.1. The maximum Gasteiger partial charge on any atom is 0.416 e. The first-order valence-corrected chi connectivity index (χ1v) is 14.9. The largest absolute Gasteiger partial charge is 0.480 e. The number of nitrogens with one attached hydrogen (secondary N) is 1. The topological polar surface area (TPSA) is 109 Å². The van der Waals surface area contributed by atoms with Crippen molar-refractivity contribution in [3.63, 3.8) is 0 Å². The molecule has 5 rings (SSSR count). The molecule has 3 heterocycles. The van der Waals surface area contributed by atoms with Gasteiger partial charge in [0, 0.05) is 41.9 Å². The van der Waals surface area contributed by atoms with Crippen molar-refractivity contribution in [2.24, 2.45) is 0 Å². The van der Waals surface area contributed by atoms with E-state index in [9.17, 15) is 27.9 Å². The molecule has 1 atom stereocenters. The van der Waals surface area contributed by atoms with Crippen LogP contribution >= 0.6 is 11.8 Å². The third-order valence-corrected chi connectivity index (χ3v) is 8.10. The molecule has 0 bridgehead atoms. The molecule has 4 aromatic rings. The Labute approximate surface area is 250 Å². The van der Waals surface area contributed by atoms with Crippen LogP contribution in [0.15, 0.2) is 77.3 Å². The van der Waals surface area contributed by atoms with E-state index in [1.165, 1.54) is 30.3 Å². The van der Waals surface area contributed by atoms with Crippen LogP contribution in [0, 0.1) is 0 Å². The molecule has 12 heteroatoms. The first kappa shape index (κ1) is 30.1. The zero-order chi connectivity index (χ0) is 30.4. The molecule has 1 aliphatic rings. The summed E-state index contributed by atoms with van der Waals surface area (Å²) in [5.74, 6) is -0.618. The number of carboxylic acids is 1. The van der Waals surface area contributed by atoms with Crippen molar-refractivity contribution in [2.45, 2.75) is 37.2 Å². The Bertz CT molecular complexity index is 1540. The van der Waals surface area contributed by atoms with E-state index in [1.54, 1.807) is 12.3 Å². The molecule has 43 heavy (non-hydrogen) atoms. The number of hydrogen-bond acceptors (Lipinski definition) is 7. The maximum absolute atomic E-state index is 13.4. The highest BCUT2D eigenvalue weighted by Gasteiger charge is 2.31. The van der Waals surface area contributed by atoms with Crippen LogP contribution in [0.1, 0.15) is 40.9 Å². The highest BCUT2D eigenvalue weighted by molar-refractivity contribution is 7.98. The summed E-state index contributed by atoms with van der Waals surface area (Å²) in [6.07, 6.45) is 0.334. The quantitative estimate of drug-likeness (QED) is 0.209. The van der Waals surface area contributed by atoms with Gasteiger partial charge in [0.1, 0.15) is 11.9 Å². The molecular formula is C31H29F3N4O4S. The minimum Gasteiger partial charge on any atom is -0.480 e. The van der Waals surface area contributed by atoms with E-state index in [0.717, 1.165) is 49.4 Å². The molecule has 1 saturated heterocycles. The average Bonchev–Trinajstić information content (AvgIpc) is 3.47. The molecular weight excluding hydrogens is 581 g/mol. The van der Waals surface area contributed by atoms with E-state index >= 15 is 0 Å². The number of rotatable bonds is 10. The molecule has 1 amide bonds. The highest BCUT2D eigenvalue weighted by Crippen LogP contribution is 2.34. The molecule has 8 nitrogen and oxygen atoms in total. The fourth-order valence-corrected chi connectivity index (χ4v) is 5.70. The number of hydrogen-bond donors (Lipinski definition) is 2. The van der Waals surface area contributed by atoms with Gasteiger partial charge in [0.15, 0.2) is 11.5 Å². The number of halogens is 3. The van der Waals surface area contributed by atoms with Gasteiger partial charge in [-0.05, 0) is 61.2 Å². The molecule has 2 N–H and O–H groups in total. The minimum atomic E-state index is -4.52. The zero-order valence-corrected chi connectivity index (χ0v) is 23.8. The number of carbonyl (C=O) groups is 2. The van der Waals surface area contributed by atoms with Gasteiger partial charge in [0.2, 0.25) is 5.89 Å². The van der Waals surface area contributed by atoms with Crippen molar-refractivity contribution >= 4 is 29.5 Å². The van der Waals surface area contributed by atoms with Gasteiger partial charge in [-0.15, -0.1) is 0 Å². The molecule has 0 unspecified atom stereocenters. The maximum atomic E-state index is 13.4. The number of carbonyl (C=O) groups excluding carboxylic acids is 1. The summed E-state index contributed by atoms with van der Waals surface area (Å²) < 4.78 is 45.3. The van der Waals surface area contributed by atoms with Gasteiger partial charge in [-0.3, -0.25) is 4.79 Å². The first-order chi connectivity index (χ1) is 20.7. The van der Waals surface area contributed by atoms with Crippen molar-refractivity contribution in [2.75, 3.05) is 23.7 Å². The monoisotopic (exact) mass is 610 g/mol. The lowest BCUT2D eigenvalue weighted by Gasteiger charge is -2.27. The number of carboxylic acid groups (broad SMARTS) is 1. The van der Waals surface area contributed by atoms with Crippen molar-refractivity contribution in [3.8, 4) is 22.8 Å². The zero-order valence-electron chi connectivity index (χ0n) is 23.0. The standard InChI is InChI=1S/C31H29F3N4O4S/c32-31(33,34)23-12-9-21(10-13-23)29-37-26(27(42-29)22-11-14-25(35-17-22)38-15-5-2-6-16-38)28(39)36-24(30(40)41)19-43-18-20-7-3-1-4-8-20/h1,3-4,7-14,17,24H,2,5-6,15-16,18-19H2,(H,36,39)(H,40,41)/t24-/m0/s1. The van der Waals surface area contributed by atoms with E-state index in [1.807, 2.05) is 36.4 Å². The van der Waals surface area contributed by atoms with Gasteiger partial charge in [-0.2, -0.15) is 24.9 Å². The van der Waals surface area contributed by atoms with Gasteiger partial charge in [-0.25, -0.2) is 14.8 Å². The Balaban J connectivity index is 1.41. The van der Waals surface area contributed by atoms with Crippen molar-refractivity contribution in [1.29, 1.82) is 0 Å². The van der Waals surface area contributed by atoms with Crippen LogP contribution in [-0.4, -0.2) is 51.8 Å². The lowest BCUT2D eigenvalue weighted by molar-refractivity contribution is -0.139. The van der Waals surface area contributed by atoms with Crippen LogP contribution in [0.5, 0.6) is 0 Å². The average molecular weight is 611 g/mol. The van der Waals surface area contributed by atoms with Crippen LogP contribution in [0.4, 0.5) is 19.0 Å². The summed E-state index contributed by atoms with van der Waals surface area (Å²) in [4.78, 5) is 36.5. The number of aliphatic carboxylic acids is 1. The number of pyridine rings is 1. The summed E-state index contributed by atoms with van der Waals surface area (Å²) >= 11 is 1.36. The normalized spacial score (nSPS) is 14.3. The Morgan fingerprint density at radius 2 is 1.67 bits per heavy atom. The summed E-state index contributed by atoms with van der Waals surface area (Å²) in [5.41, 5.74) is 0.627. The van der Waals surface area contributed by atoms with Crippen molar-refractivity contribution in [3.05, 3.63) is 89.7 Å². The number of oxazole rings is 1. The van der Waals surface area contributed by atoms with Crippen LogP contribution < -0.4 is 10.2 Å². The van der Waals surface area contributed by atoms with Crippen LogP contribution in [0.2, 0.25) is 0 Å². The highest BCUT2D eigenvalue weighted by atomic mass is 32.2. The molecule has 0 spiro atoms. The summed E-state index contributed by atoms with van der Waals surface area (Å²) in [5, 5.41) is 12.3. The Kier molecular flexibility index (Phi) is 9.34. The number of aromatic nitrogens is 2. The SMILES string of the molecule is O=C(N[C@@H](CSCc1ccccc1)C(=O)O)c1nc(-c2ccc(C(F)(F)F)cc2)oc1-c1ccc(N2CCCCC2)nc1. The second kappa shape index (κ2) is 13.3. The number of thioether (sulfide) groups is 1. The Morgan fingerprint density at radius 3 is 2.30 bits per heavy atom. The predicted octanol–water partition coefficient (Wildman–Crippen LogP) is 6.53. The molecule has 2 aromatic carbocycles. The number of nitrogens with zero attached hydrogens (tertiary/aromatic N) is 3. The predicted molar refractivity (Wildman–Crippen MR) is 158 cm³/mol. The van der Waals surface area contributed by atoms with Gasteiger partial charge in [-0.1, -0.05) is 30.3 Å².